The van der Waals surface area contributed by atoms with Crippen molar-refractivity contribution in [3.05, 3.63) is 5.15 Å². The molecule has 2 rings (SSSR count). The van der Waals surface area contributed by atoms with E-state index in [0.717, 1.165) is 12.2 Å². The normalized spacial score (nSPS) is 25.1. The molecule has 0 aliphatic carbocycles. The maximum absolute atomic E-state index is 9.09. The van der Waals surface area contributed by atoms with Crippen LogP contribution < -0.4 is 11.1 Å². The quantitative estimate of drug-likeness (QED) is 0.323. The van der Waals surface area contributed by atoms with Gasteiger partial charge in [-0.1, -0.05) is 30.3 Å². The number of hydrogen-bond donors (Lipinski definition) is 3. The van der Waals surface area contributed by atoms with E-state index in [1.807, 2.05) is 20.8 Å². The Morgan fingerprint density at radius 2 is 2.18 bits per heavy atom. The number of aliphatic hydroxyl groups excluding tert-OH is 1. The van der Waals surface area contributed by atoms with Crippen LogP contribution in [0.15, 0.2) is 5.16 Å². The summed E-state index contributed by atoms with van der Waals surface area (Å²) in [6.07, 6.45) is 1.18. The van der Waals surface area contributed by atoms with Crippen molar-refractivity contribution in [1.82, 2.24) is 9.97 Å². The SMILES string of the molecule is CCCSc1nc(Cl)c(N)c(N[C@@H]2CC(OCCO)COC(C)(C)OC2C)n1. The van der Waals surface area contributed by atoms with Gasteiger partial charge in [0.05, 0.1) is 38.1 Å². The smallest absolute Gasteiger partial charge is 0.191 e. The fourth-order valence-corrected chi connectivity index (χ4v) is 3.80. The molecule has 0 radical (unpaired) electrons. The van der Waals surface area contributed by atoms with Crippen LogP contribution in [0, 0.1) is 0 Å². The molecule has 4 N–H and O–H groups in total. The van der Waals surface area contributed by atoms with Gasteiger partial charge in [-0.25, -0.2) is 9.97 Å². The van der Waals surface area contributed by atoms with Gasteiger partial charge in [0.15, 0.2) is 21.9 Å². The number of hydrogen-bond acceptors (Lipinski definition) is 9. The van der Waals surface area contributed by atoms with Crippen LogP contribution in [-0.2, 0) is 14.2 Å². The predicted octanol–water partition coefficient (Wildman–Crippen LogP) is 2.93. The molecule has 1 aromatic rings. The lowest BCUT2D eigenvalue weighted by Crippen LogP contribution is -2.48. The van der Waals surface area contributed by atoms with Crippen molar-refractivity contribution in [2.75, 3.05) is 36.6 Å². The third-order valence-corrected chi connectivity index (χ3v) is 5.59. The van der Waals surface area contributed by atoms with Gasteiger partial charge in [0.1, 0.15) is 5.69 Å². The van der Waals surface area contributed by atoms with Crippen molar-refractivity contribution in [1.29, 1.82) is 0 Å². The molecule has 28 heavy (non-hydrogen) atoms. The summed E-state index contributed by atoms with van der Waals surface area (Å²) in [5, 5.41) is 13.3. The van der Waals surface area contributed by atoms with Gasteiger partial charge in [0.2, 0.25) is 0 Å². The van der Waals surface area contributed by atoms with Crippen molar-refractivity contribution in [3.8, 4) is 0 Å². The first-order valence-electron chi connectivity index (χ1n) is 9.52. The minimum atomic E-state index is -0.766. The lowest BCUT2D eigenvalue weighted by atomic mass is 10.0. The largest absolute Gasteiger partial charge is 0.394 e. The molecular formula is C18H31ClN4O4S. The molecule has 1 aliphatic rings. The van der Waals surface area contributed by atoms with E-state index >= 15 is 0 Å². The van der Waals surface area contributed by atoms with Gasteiger partial charge in [-0.05, 0) is 33.6 Å². The molecule has 1 aromatic heterocycles. The molecule has 10 heteroatoms. The Hall–Kier alpha value is -0.840. The van der Waals surface area contributed by atoms with E-state index in [0.29, 0.717) is 29.7 Å². The zero-order valence-corrected chi connectivity index (χ0v) is 18.5. The second-order valence-electron chi connectivity index (χ2n) is 7.14. The number of thioether (sulfide) groups is 1. The van der Waals surface area contributed by atoms with Gasteiger partial charge in [0.25, 0.3) is 0 Å². The highest BCUT2D eigenvalue weighted by Crippen LogP contribution is 2.30. The van der Waals surface area contributed by atoms with Gasteiger partial charge < -0.3 is 30.4 Å². The number of aromatic nitrogens is 2. The summed E-state index contributed by atoms with van der Waals surface area (Å²) >= 11 is 7.75. The minimum Gasteiger partial charge on any atom is -0.394 e. The van der Waals surface area contributed by atoms with E-state index in [4.69, 9.17) is 36.7 Å². The van der Waals surface area contributed by atoms with Gasteiger partial charge >= 0.3 is 0 Å². The molecule has 0 saturated carbocycles. The summed E-state index contributed by atoms with van der Waals surface area (Å²) in [6, 6.07) is -0.149. The monoisotopic (exact) mass is 434 g/mol. The average molecular weight is 435 g/mol. The molecule has 160 valence electrons. The maximum atomic E-state index is 9.09. The van der Waals surface area contributed by atoms with E-state index in [2.05, 4.69) is 22.2 Å². The second kappa shape index (κ2) is 10.8. The van der Waals surface area contributed by atoms with Gasteiger partial charge in [-0.15, -0.1) is 0 Å². The number of nitrogens with two attached hydrogens (primary N) is 1. The third kappa shape index (κ3) is 6.89. The fraction of sp³-hybridized carbons (Fsp3) is 0.778. The van der Waals surface area contributed by atoms with Crippen LogP contribution in [0.5, 0.6) is 0 Å². The zero-order chi connectivity index (χ0) is 20.7. The highest BCUT2D eigenvalue weighted by molar-refractivity contribution is 7.99. The van der Waals surface area contributed by atoms with E-state index < -0.39 is 5.79 Å². The summed E-state index contributed by atoms with van der Waals surface area (Å²) in [5.74, 6) is 0.613. The Morgan fingerprint density at radius 1 is 1.43 bits per heavy atom. The Balaban J connectivity index is 2.23. The van der Waals surface area contributed by atoms with Crippen LogP contribution in [0.1, 0.15) is 40.5 Å². The second-order valence-corrected chi connectivity index (χ2v) is 8.56. The lowest BCUT2D eigenvalue weighted by molar-refractivity contribution is -0.259. The van der Waals surface area contributed by atoms with Gasteiger partial charge in [0, 0.05) is 5.75 Å². The molecule has 0 spiro atoms. The van der Waals surface area contributed by atoms with Crippen LogP contribution in [-0.4, -0.2) is 64.7 Å². The molecule has 8 nitrogen and oxygen atoms in total. The third-order valence-electron chi connectivity index (χ3n) is 4.25. The topological polar surface area (TPSA) is 112 Å². The Kier molecular flexibility index (Phi) is 9.04. The molecule has 2 heterocycles. The van der Waals surface area contributed by atoms with Crippen molar-refractivity contribution in [3.63, 3.8) is 0 Å². The molecule has 1 saturated heterocycles. The summed E-state index contributed by atoms with van der Waals surface area (Å²) < 4.78 is 17.6. The molecule has 1 aliphatic heterocycles. The summed E-state index contributed by atoms with van der Waals surface area (Å²) in [4.78, 5) is 8.78. The number of rotatable bonds is 8. The number of nitrogens with one attached hydrogen (secondary N) is 1. The van der Waals surface area contributed by atoms with Crippen LogP contribution >= 0.6 is 23.4 Å². The minimum absolute atomic E-state index is 0.0451. The number of aliphatic hydroxyl groups is 1. The van der Waals surface area contributed by atoms with E-state index in [-0.39, 0.29) is 36.6 Å². The van der Waals surface area contributed by atoms with Crippen LogP contribution in [0.2, 0.25) is 5.15 Å². The Labute approximate surface area is 175 Å². The molecule has 0 amide bonds. The van der Waals surface area contributed by atoms with Crippen LogP contribution in [0.25, 0.3) is 0 Å². The summed E-state index contributed by atoms with van der Waals surface area (Å²) in [5.41, 5.74) is 6.43. The maximum Gasteiger partial charge on any atom is 0.191 e. The van der Waals surface area contributed by atoms with E-state index in [9.17, 15) is 0 Å². The van der Waals surface area contributed by atoms with Crippen molar-refractivity contribution in [2.45, 2.75) is 69.7 Å². The van der Waals surface area contributed by atoms with E-state index in [1.165, 1.54) is 11.8 Å². The Bertz CT molecular complexity index is 638. The average Bonchev–Trinajstić information content (AvgIpc) is 2.63. The molecular weight excluding hydrogens is 404 g/mol. The summed E-state index contributed by atoms with van der Waals surface area (Å²) in [7, 11) is 0. The number of anilines is 2. The number of nitrogen functional groups attached to an aromatic ring is 1. The predicted molar refractivity (Wildman–Crippen MR) is 112 cm³/mol. The number of ether oxygens (including phenoxy) is 3. The zero-order valence-electron chi connectivity index (χ0n) is 16.9. The van der Waals surface area contributed by atoms with Crippen LogP contribution in [0.3, 0.4) is 0 Å². The molecule has 2 unspecified atom stereocenters. The standard InChI is InChI=1S/C18H31ClN4O4S/c1-5-8-28-17-22-15(19)14(20)16(23-17)21-13-9-12(25-7-6-24)10-26-18(3,4)27-11(13)2/h11-13,24H,5-10,20H2,1-4H3,(H,21,22,23)/t11?,12?,13-/m1/s1. The first-order chi connectivity index (χ1) is 13.3. The number of halogens is 1. The summed E-state index contributed by atoms with van der Waals surface area (Å²) in [6.45, 7) is 8.34. The van der Waals surface area contributed by atoms with Gasteiger partial charge in [-0.2, -0.15) is 0 Å². The first kappa shape index (κ1) is 23.4. The fourth-order valence-electron chi connectivity index (χ4n) is 2.88. The highest BCUT2D eigenvalue weighted by atomic mass is 35.5. The molecule has 1 fully saturated rings. The van der Waals surface area contributed by atoms with Crippen molar-refractivity contribution < 1.29 is 19.3 Å². The molecule has 0 aromatic carbocycles. The van der Waals surface area contributed by atoms with Crippen molar-refractivity contribution >= 4 is 34.9 Å². The lowest BCUT2D eigenvalue weighted by Gasteiger charge is -2.39. The molecule has 0 bridgehead atoms. The van der Waals surface area contributed by atoms with Crippen molar-refractivity contribution in [2.24, 2.45) is 0 Å². The number of nitrogens with zero attached hydrogens (tertiary/aromatic N) is 2. The van der Waals surface area contributed by atoms with Crippen LogP contribution in [0.4, 0.5) is 11.5 Å². The Morgan fingerprint density at radius 3 is 2.86 bits per heavy atom. The van der Waals surface area contributed by atoms with Gasteiger partial charge in [-0.3, -0.25) is 0 Å². The first-order valence-corrected chi connectivity index (χ1v) is 10.9. The highest BCUT2D eigenvalue weighted by Gasteiger charge is 2.34. The molecule has 3 atom stereocenters. The van der Waals surface area contributed by atoms with E-state index in [1.54, 1.807) is 0 Å².